The Hall–Kier alpha value is -2.28. The summed E-state index contributed by atoms with van der Waals surface area (Å²) in [6.45, 7) is 4.27. The lowest BCUT2D eigenvalue weighted by atomic mass is 9.92. The number of nitrogens with zero attached hydrogens (tertiary/aromatic N) is 1. The van der Waals surface area contributed by atoms with Crippen LogP contribution < -0.4 is 19.7 Å². The first-order valence-corrected chi connectivity index (χ1v) is 8.65. The number of rotatable bonds is 6. The molecule has 1 aromatic rings. The van der Waals surface area contributed by atoms with Gasteiger partial charge in [-0.2, -0.15) is 0 Å². The Labute approximate surface area is 147 Å². The number of ether oxygens (including phenoxy) is 2. The summed E-state index contributed by atoms with van der Waals surface area (Å²) < 4.78 is 10.6. The SMILES string of the molecule is COc1ccc(C[C@]2(C)NC(=O)N(C[NH+]3CCCC3)C2=O)cc1OC. The van der Waals surface area contributed by atoms with E-state index in [1.54, 1.807) is 21.1 Å². The first kappa shape index (κ1) is 17.5. The van der Waals surface area contributed by atoms with Crippen molar-refractivity contribution in [2.24, 2.45) is 0 Å². The van der Waals surface area contributed by atoms with E-state index in [0.717, 1.165) is 31.5 Å². The number of nitrogens with one attached hydrogen (secondary N) is 2. The number of amides is 3. The first-order chi connectivity index (χ1) is 12.0. The van der Waals surface area contributed by atoms with Crippen LogP contribution in [0.4, 0.5) is 4.79 Å². The summed E-state index contributed by atoms with van der Waals surface area (Å²) in [5, 5.41) is 2.87. The lowest BCUT2D eigenvalue weighted by molar-refractivity contribution is -0.894. The van der Waals surface area contributed by atoms with Crippen LogP contribution in [0.5, 0.6) is 11.5 Å². The molecule has 0 aliphatic carbocycles. The number of carbonyl (C=O) groups is 2. The average molecular weight is 348 g/mol. The van der Waals surface area contributed by atoms with Gasteiger partial charge in [0, 0.05) is 19.3 Å². The smallest absolute Gasteiger partial charge is 0.329 e. The zero-order valence-corrected chi connectivity index (χ0v) is 15.1. The number of hydrogen-bond donors (Lipinski definition) is 2. The Morgan fingerprint density at radius 1 is 1.16 bits per heavy atom. The molecule has 0 spiro atoms. The fraction of sp³-hybridized carbons (Fsp3) is 0.556. The zero-order chi connectivity index (χ0) is 18.0. The highest BCUT2D eigenvalue weighted by Crippen LogP contribution is 2.30. The van der Waals surface area contributed by atoms with Crippen LogP contribution in [0.1, 0.15) is 25.3 Å². The molecule has 7 nitrogen and oxygen atoms in total. The Morgan fingerprint density at radius 3 is 2.48 bits per heavy atom. The summed E-state index contributed by atoms with van der Waals surface area (Å²) in [5.41, 5.74) is -0.0280. The second-order valence-electron chi connectivity index (χ2n) is 6.98. The van der Waals surface area contributed by atoms with Crippen LogP contribution in [-0.2, 0) is 11.2 Å². The van der Waals surface area contributed by atoms with Crippen molar-refractivity contribution in [3.63, 3.8) is 0 Å². The number of carbonyl (C=O) groups excluding carboxylic acids is 2. The van der Waals surface area contributed by atoms with Gasteiger partial charge in [-0.05, 0) is 24.6 Å². The van der Waals surface area contributed by atoms with E-state index < -0.39 is 5.54 Å². The molecule has 2 N–H and O–H groups in total. The molecule has 7 heteroatoms. The van der Waals surface area contributed by atoms with Crippen molar-refractivity contribution < 1.29 is 24.0 Å². The van der Waals surface area contributed by atoms with Crippen molar-refractivity contribution in [3.05, 3.63) is 23.8 Å². The number of benzene rings is 1. The lowest BCUT2D eigenvalue weighted by Gasteiger charge is -2.23. The summed E-state index contributed by atoms with van der Waals surface area (Å²) in [5.74, 6) is 1.09. The minimum absolute atomic E-state index is 0.160. The largest absolute Gasteiger partial charge is 0.493 e. The van der Waals surface area contributed by atoms with Crippen LogP contribution in [-0.4, -0.2) is 56.4 Å². The molecule has 1 aromatic carbocycles. The van der Waals surface area contributed by atoms with Gasteiger partial charge in [-0.15, -0.1) is 0 Å². The Kier molecular flexibility index (Phi) is 4.85. The predicted octanol–water partition coefficient (Wildman–Crippen LogP) is 0.193. The first-order valence-electron chi connectivity index (χ1n) is 8.65. The van der Waals surface area contributed by atoms with Crippen molar-refractivity contribution in [1.82, 2.24) is 10.2 Å². The van der Waals surface area contributed by atoms with Crippen molar-refractivity contribution >= 4 is 11.9 Å². The lowest BCUT2D eigenvalue weighted by Crippen LogP contribution is -3.11. The molecule has 3 rings (SSSR count). The second-order valence-corrected chi connectivity index (χ2v) is 6.98. The minimum Gasteiger partial charge on any atom is -0.493 e. The van der Waals surface area contributed by atoms with Gasteiger partial charge in [0.1, 0.15) is 5.54 Å². The third kappa shape index (κ3) is 3.42. The maximum Gasteiger partial charge on any atom is 0.329 e. The van der Waals surface area contributed by atoms with E-state index in [9.17, 15) is 9.59 Å². The zero-order valence-electron chi connectivity index (χ0n) is 15.1. The predicted molar refractivity (Wildman–Crippen MR) is 91.8 cm³/mol. The van der Waals surface area contributed by atoms with E-state index in [0.29, 0.717) is 24.6 Å². The molecule has 1 atom stereocenters. The summed E-state index contributed by atoms with van der Waals surface area (Å²) in [4.78, 5) is 27.9. The van der Waals surface area contributed by atoms with Gasteiger partial charge in [-0.3, -0.25) is 4.79 Å². The number of likely N-dealkylation sites (tertiary alicyclic amines) is 1. The van der Waals surface area contributed by atoms with Gasteiger partial charge in [0.15, 0.2) is 18.2 Å². The number of quaternary nitrogens is 1. The molecule has 2 aliphatic rings. The van der Waals surface area contributed by atoms with Gasteiger partial charge in [-0.1, -0.05) is 6.07 Å². The highest BCUT2D eigenvalue weighted by Gasteiger charge is 2.49. The number of methoxy groups -OCH3 is 2. The van der Waals surface area contributed by atoms with E-state index in [1.165, 1.54) is 9.80 Å². The van der Waals surface area contributed by atoms with Crippen LogP contribution >= 0.6 is 0 Å². The molecule has 0 bridgehead atoms. The molecule has 2 saturated heterocycles. The molecule has 0 aromatic heterocycles. The van der Waals surface area contributed by atoms with Crippen LogP contribution in [0.3, 0.4) is 0 Å². The third-order valence-corrected chi connectivity index (χ3v) is 5.04. The molecular formula is C18H26N3O4+. The van der Waals surface area contributed by atoms with Crippen LogP contribution in [0, 0.1) is 0 Å². The van der Waals surface area contributed by atoms with E-state index in [2.05, 4.69) is 5.32 Å². The van der Waals surface area contributed by atoms with Crippen molar-refractivity contribution in [2.45, 2.75) is 31.7 Å². The Balaban J connectivity index is 1.75. The summed E-state index contributed by atoms with van der Waals surface area (Å²) in [6, 6.07) is 5.25. The molecule has 25 heavy (non-hydrogen) atoms. The molecule has 2 fully saturated rings. The van der Waals surface area contributed by atoms with E-state index >= 15 is 0 Å². The molecule has 2 aliphatic heterocycles. The standard InChI is InChI=1S/C18H25N3O4/c1-18(11-13-6-7-14(24-2)15(10-13)25-3)16(22)21(17(23)19-18)12-20-8-4-5-9-20/h6-7,10H,4-5,8-9,11-12H2,1-3H3,(H,19,23)/p+1/t18-/m0/s1. The van der Waals surface area contributed by atoms with Crippen LogP contribution in [0.2, 0.25) is 0 Å². The fourth-order valence-corrected chi connectivity index (χ4v) is 3.67. The van der Waals surface area contributed by atoms with Crippen molar-refractivity contribution in [3.8, 4) is 11.5 Å². The number of imide groups is 1. The molecular weight excluding hydrogens is 322 g/mol. The fourth-order valence-electron chi connectivity index (χ4n) is 3.67. The highest BCUT2D eigenvalue weighted by atomic mass is 16.5. The monoisotopic (exact) mass is 348 g/mol. The normalized spacial score (nSPS) is 23.9. The van der Waals surface area contributed by atoms with Gasteiger partial charge < -0.3 is 19.7 Å². The minimum atomic E-state index is -0.935. The topological polar surface area (TPSA) is 72.3 Å². The van der Waals surface area contributed by atoms with Gasteiger partial charge in [0.05, 0.1) is 27.3 Å². The van der Waals surface area contributed by atoms with Gasteiger partial charge in [-0.25, -0.2) is 9.69 Å². The van der Waals surface area contributed by atoms with Crippen molar-refractivity contribution in [2.75, 3.05) is 34.0 Å². The average Bonchev–Trinajstić information content (AvgIpc) is 3.18. The van der Waals surface area contributed by atoms with E-state index in [4.69, 9.17) is 9.47 Å². The summed E-state index contributed by atoms with van der Waals surface area (Å²) in [6.07, 6.45) is 2.72. The van der Waals surface area contributed by atoms with E-state index in [-0.39, 0.29) is 11.9 Å². The quantitative estimate of drug-likeness (QED) is 0.720. The number of urea groups is 1. The molecule has 2 heterocycles. The van der Waals surface area contributed by atoms with Gasteiger partial charge in [0.2, 0.25) is 0 Å². The van der Waals surface area contributed by atoms with Crippen molar-refractivity contribution in [1.29, 1.82) is 0 Å². The molecule has 136 valence electrons. The molecule has 0 saturated carbocycles. The molecule has 0 unspecified atom stereocenters. The third-order valence-electron chi connectivity index (χ3n) is 5.04. The maximum absolute atomic E-state index is 12.9. The van der Waals surface area contributed by atoms with Crippen LogP contribution in [0.15, 0.2) is 18.2 Å². The van der Waals surface area contributed by atoms with Crippen LogP contribution in [0.25, 0.3) is 0 Å². The highest BCUT2D eigenvalue weighted by molar-refractivity contribution is 6.06. The maximum atomic E-state index is 12.9. The Morgan fingerprint density at radius 2 is 1.84 bits per heavy atom. The Bertz CT molecular complexity index is 672. The van der Waals surface area contributed by atoms with Gasteiger partial charge in [0.25, 0.3) is 5.91 Å². The second kappa shape index (κ2) is 6.92. The van der Waals surface area contributed by atoms with E-state index in [1.807, 2.05) is 18.2 Å². The number of hydrogen-bond acceptors (Lipinski definition) is 4. The summed E-state index contributed by atoms with van der Waals surface area (Å²) in [7, 11) is 3.16. The molecule has 0 radical (unpaired) electrons. The summed E-state index contributed by atoms with van der Waals surface area (Å²) >= 11 is 0. The van der Waals surface area contributed by atoms with Gasteiger partial charge >= 0.3 is 6.03 Å². The molecule has 3 amide bonds.